The maximum absolute atomic E-state index is 14.0. The summed E-state index contributed by atoms with van der Waals surface area (Å²) in [4.78, 5) is 4.20. The van der Waals surface area contributed by atoms with Crippen LogP contribution in [0.3, 0.4) is 0 Å². The largest absolute Gasteiger partial charge is 0.856 e. The van der Waals surface area contributed by atoms with E-state index in [-0.39, 0.29) is 30.5 Å². The van der Waals surface area contributed by atoms with Gasteiger partial charge >= 0.3 is 0 Å². The summed E-state index contributed by atoms with van der Waals surface area (Å²) in [5.74, 6) is -0.150. The lowest BCUT2D eigenvalue weighted by atomic mass is 9.92. The molecule has 0 bridgehead atoms. The van der Waals surface area contributed by atoms with Crippen molar-refractivity contribution in [3.63, 3.8) is 0 Å². The minimum Gasteiger partial charge on any atom is -0.856 e. The van der Waals surface area contributed by atoms with Crippen LogP contribution in [0.25, 0.3) is 11.3 Å². The molecule has 0 aliphatic heterocycles. The predicted molar refractivity (Wildman–Crippen MR) is 98.5 cm³/mol. The molecule has 1 fully saturated rings. The van der Waals surface area contributed by atoms with E-state index in [0.717, 1.165) is 0 Å². The highest BCUT2D eigenvalue weighted by Gasteiger charge is 2.32. The Hall–Kier alpha value is -3.48. The molecule has 0 unspecified atom stereocenters. The Morgan fingerprint density at radius 1 is 1.24 bits per heavy atom. The molecule has 0 saturated heterocycles. The van der Waals surface area contributed by atoms with Gasteiger partial charge in [0.1, 0.15) is 18.0 Å². The van der Waals surface area contributed by atoms with E-state index in [9.17, 15) is 9.50 Å². The first-order chi connectivity index (χ1) is 13.6. The van der Waals surface area contributed by atoms with Crippen molar-refractivity contribution in [2.45, 2.75) is 31.7 Å². The molecule has 2 aromatic heterocycles. The Morgan fingerprint density at radius 2 is 2.07 bits per heavy atom. The summed E-state index contributed by atoms with van der Waals surface area (Å²) in [5.41, 5.74) is 1.02. The van der Waals surface area contributed by atoms with Crippen LogP contribution >= 0.6 is 0 Å². The highest BCUT2D eigenvalue weighted by atomic mass is 19.1. The third-order valence-electron chi connectivity index (χ3n) is 4.52. The number of pyridine rings is 1. The quantitative estimate of drug-likeness (QED) is 0.671. The van der Waals surface area contributed by atoms with Gasteiger partial charge in [0.25, 0.3) is 0 Å². The van der Waals surface area contributed by atoms with Crippen molar-refractivity contribution >= 4 is 0 Å². The van der Waals surface area contributed by atoms with Gasteiger partial charge in [-0.1, -0.05) is 17.3 Å². The topological polar surface area (TPSA) is 141 Å². The van der Waals surface area contributed by atoms with E-state index in [0.29, 0.717) is 35.6 Å². The van der Waals surface area contributed by atoms with Crippen LogP contribution in [0.4, 0.5) is 4.39 Å². The number of hydrogen-bond acceptors (Lipinski definition) is 7. The Bertz CT molecular complexity index is 1010. The zero-order valence-electron chi connectivity index (χ0n) is 15.7. The van der Waals surface area contributed by atoms with Crippen molar-refractivity contribution in [3.8, 4) is 29.2 Å². The fourth-order valence-electron chi connectivity index (χ4n) is 2.90. The van der Waals surface area contributed by atoms with Crippen molar-refractivity contribution < 1.29 is 23.5 Å². The molecule has 2 heterocycles. The number of quaternary nitrogens is 1. The summed E-state index contributed by atoms with van der Waals surface area (Å²) in [5, 5.41) is 23.2. The van der Waals surface area contributed by atoms with Crippen molar-refractivity contribution in [3.05, 3.63) is 59.5 Å². The molecular weight excluding hydrogens is 379 g/mol. The van der Waals surface area contributed by atoms with Crippen LogP contribution in [0.1, 0.15) is 24.0 Å². The summed E-state index contributed by atoms with van der Waals surface area (Å²) in [6, 6.07) is 11.2. The summed E-state index contributed by atoms with van der Waals surface area (Å²) in [6.07, 6.45) is 2.83. The van der Waals surface area contributed by atoms with Gasteiger partial charge in [0.15, 0.2) is 5.76 Å². The number of hydrogen-bond donors (Lipinski definition) is 1. The van der Waals surface area contributed by atoms with Gasteiger partial charge < -0.3 is 25.3 Å². The number of ether oxygens (including phenoxy) is 2. The first-order valence-corrected chi connectivity index (χ1v) is 8.68. The highest BCUT2D eigenvalue weighted by Crippen LogP contribution is 2.29. The van der Waals surface area contributed by atoms with Crippen molar-refractivity contribution in [1.82, 2.24) is 16.3 Å². The van der Waals surface area contributed by atoms with Gasteiger partial charge in [0.2, 0.25) is 5.88 Å². The minimum atomic E-state index is -0.530. The summed E-state index contributed by atoms with van der Waals surface area (Å²) in [6.45, 7) is 0.116. The van der Waals surface area contributed by atoms with Crippen LogP contribution in [0.2, 0.25) is 0 Å². The third kappa shape index (κ3) is 4.51. The second-order valence-corrected chi connectivity index (χ2v) is 6.45. The van der Waals surface area contributed by atoms with Crippen LogP contribution in [0, 0.1) is 17.1 Å². The molecule has 9 heteroatoms. The van der Waals surface area contributed by atoms with Crippen molar-refractivity contribution in [1.29, 1.82) is 5.26 Å². The van der Waals surface area contributed by atoms with E-state index in [2.05, 4.69) is 10.1 Å². The second-order valence-electron chi connectivity index (χ2n) is 6.45. The summed E-state index contributed by atoms with van der Waals surface area (Å²) < 4.78 is 30.4. The highest BCUT2D eigenvalue weighted by molar-refractivity contribution is 5.56. The number of halogens is 1. The standard InChI is InChI=1S/C20H16FN3O4.H3N/c21-20-12(9-22)2-1-3-14(20)11-26-15-6-16(7-15)27-19-5-4-13(10-23-19)17-8-18(25)24-28-17;/h1-5,8,10,15-16H,6-7,11H2,(H,24,25);1H3. The second kappa shape index (κ2) is 8.68. The fourth-order valence-corrected chi connectivity index (χ4v) is 2.90. The smallest absolute Gasteiger partial charge is 0.213 e. The Labute approximate surface area is 166 Å². The number of aromatic nitrogens is 2. The van der Waals surface area contributed by atoms with Crippen LogP contribution in [-0.2, 0) is 11.3 Å². The van der Waals surface area contributed by atoms with E-state index in [1.807, 2.05) is 6.07 Å². The maximum atomic E-state index is 14.0. The Kier molecular flexibility index (Phi) is 6.07. The number of benzene rings is 1. The van der Waals surface area contributed by atoms with E-state index >= 15 is 0 Å². The lowest BCUT2D eigenvalue weighted by Crippen LogP contribution is -2.39. The fraction of sp³-hybridized carbons (Fsp3) is 0.250. The van der Waals surface area contributed by atoms with Gasteiger partial charge in [-0.3, -0.25) is 0 Å². The molecule has 1 aliphatic carbocycles. The summed E-state index contributed by atoms with van der Waals surface area (Å²) in [7, 11) is 0. The number of rotatable bonds is 6. The molecule has 29 heavy (non-hydrogen) atoms. The maximum Gasteiger partial charge on any atom is 0.213 e. The van der Waals surface area contributed by atoms with Crippen molar-refractivity contribution in [2.75, 3.05) is 0 Å². The molecule has 3 aromatic rings. The van der Waals surface area contributed by atoms with E-state index < -0.39 is 11.7 Å². The average Bonchev–Trinajstić information content (AvgIpc) is 3.11. The molecular formula is C20H19FN4O4. The predicted octanol–water partition coefficient (Wildman–Crippen LogP) is 3.32. The number of nitrogens with zero attached hydrogens (tertiary/aromatic N) is 3. The molecule has 1 aliphatic rings. The summed E-state index contributed by atoms with van der Waals surface area (Å²) >= 11 is 0. The molecule has 150 valence electrons. The molecule has 1 aromatic carbocycles. The van der Waals surface area contributed by atoms with Gasteiger partial charge in [0, 0.05) is 42.1 Å². The zero-order valence-corrected chi connectivity index (χ0v) is 15.7. The van der Waals surface area contributed by atoms with Gasteiger partial charge in [-0.2, -0.15) is 5.26 Å². The molecule has 8 nitrogen and oxygen atoms in total. The SMILES string of the molecule is N#Cc1cccc(COC2CC(Oc3ccc(-c4cc([O-])no4)cn3)C2)c1F.[NH4+]. The molecule has 1 saturated carbocycles. The Balaban J connectivity index is 0.00000240. The molecule has 0 spiro atoms. The van der Waals surface area contributed by atoms with Crippen LogP contribution in [-0.4, -0.2) is 22.3 Å². The third-order valence-corrected chi connectivity index (χ3v) is 4.52. The van der Waals surface area contributed by atoms with Crippen molar-refractivity contribution in [2.24, 2.45) is 0 Å². The minimum absolute atomic E-state index is 0. The van der Waals surface area contributed by atoms with Crippen LogP contribution < -0.4 is 16.0 Å². The molecule has 0 amide bonds. The van der Waals surface area contributed by atoms with Gasteiger partial charge in [0.05, 0.1) is 18.3 Å². The van der Waals surface area contributed by atoms with Gasteiger partial charge in [-0.15, -0.1) is 0 Å². The monoisotopic (exact) mass is 398 g/mol. The zero-order chi connectivity index (χ0) is 19.5. The molecule has 0 radical (unpaired) electrons. The van der Waals surface area contributed by atoms with Gasteiger partial charge in [-0.25, -0.2) is 9.37 Å². The lowest BCUT2D eigenvalue weighted by molar-refractivity contribution is -0.277. The Morgan fingerprint density at radius 3 is 2.72 bits per heavy atom. The first kappa shape index (κ1) is 20.3. The molecule has 4 rings (SSSR count). The van der Waals surface area contributed by atoms with Gasteiger partial charge in [-0.05, 0) is 18.2 Å². The van der Waals surface area contributed by atoms with E-state index in [1.54, 1.807) is 30.5 Å². The normalized spacial score (nSPS) is 17.7. The average molecular weight is 398 g/mol. The lowest BCUT2D eigenvalue weighted by Gasteiger charge is -2.34. The number of nitriles is 1. The van der Waals surface area contributed by atoms with E-state index in [1.165, 1.54) is 12.1 Å². The first-order valence-electron chi connectivity index (χ1n) is 8.68. The van der Waals surface area contributed by atoms with Crippen LogP contribution in [0.15, 0.2) is 47.1 Å². The molecule has 0 atom stereocenters. The molecule has 4 N–H and O–H groups in total. The van der Waals surface area contributed by atoms with Crippen LogP contribution in [0.5, 0.6) is 11.8 Å². The van der Waals surface area contributed by atoms with E-state index in [4.69, 9.17) is 19.3 Å².